The molecule has 0 saturated heterocycles. The summed E-state index contributed by atoms with van der Waals surface area (Å²) >= 11 is 0. The zero-order valence-electron chi connectivity index (χ0n) is 13.3. The summed E-state index contributed by atoms with van der Waals surface area (Å²) in [5.74, 6) is -0.112. The van der Waals surface area contributed by atoms with E-state index in [9.17, 15) is 9.90 Å². The Balaban J connectivity index is 1.94. The Morgan fingerprint density at radius 3 is 2.17 bits per heavy atom. The van der Waals surface area contributed by atoms with E-state index < -0.39 is 6.10 Å². The highest BCUT2D eigenvalue weighted by molar-refractivity contribution is 5.96. The standard InChI is InChI=1S/C21H17NO2/c1-13(23)22-19-12-5-4-8-15(19)17-11-6-10-16-14-7-2-3-9-18(14)21(24)20(16)17/h2-12,21,24H,1H3,(H,22,23). The van der Waals surface area contributed by atoms with Crippen molar-refractivity contribution in [3.8, 4) is 22.3 Å². The van der Waals surface area contributed by atoms with Gasteiger partial charge in [0.2, 0.25) is 5.91 Å². The van der Waals surface area contributed by atoms with Crippen LogP contribution in [0.5, 0.6) is 0 Å². The van der Waals surface area contributed by atoms with Gasteiger partial charge in [-0.25, -0.2) is 0 Å². The second-order valence-electron chi connectivity index (χ2n) is 5.98. The van der Waals surface area contributed by atoms with Gasteiger partial charge < -0.3 is 10.4 Å². The minimum Gasteiger partial charge on any atom is -0.384 e. The molecular weight excluding hydrogens is 298 g/mol. The molecule has 1 unspecified atom stereocenters. The third kappa shape index (κ3) is 2.22. The average molecular weight is 315 g/mol. The number of amides is 1. The fourth-order valence-electron chi connectivity index (χ4n) is 3.48. The minimum absolute atomic E-state index is 0.112. The van der Waals surface area contributed by atoms with E-state index in [1.165, 1.54) is 6.92 Å². The minimum atomic E-state index is -0.655. The number of fused-ring (bicyclic) bond motifs is 3. The van der Waals surface area contributed by atoms with E-state index in [0.717, 1.165) is 39.1 Å². The van der Waals surface area contributed by atoms with E-state index in [2.05, 4.69) is 5.32 Å². The fraction of sp³-hybridized carbons (Fsp3) is 0.0952. The molecule has 1 aliphatic rings. The molecule has 0 spiro atoms. The summed E-state index contributed by atoms with van der Waals surface area (Å²) in [5, 5.41) is 13.7. The first kappa shape index (κ1) is 14.7. The van der Waals surface area contributed by atoms with E-state index in [0.29, 0.717) is 0 Å². The summed E-state index contributed by atoms with van der Waals surface area (Å²) < 4.78 is 0. The molecule has 0 radical (unpaired) electrons. The van der Waals surface area contributed by atoms with Crippen LogP contribution >= 0.6 is 0 Å². The largest absolute Gasteiger partial charge is 0.384 e. The maximum absolute atomic E-state index is 11.5. The lowest BCUT2D eigenvalue weighted by molar-refractivity contribution is -0.114. The van der Waals surface area contributed by atoms with E-state index >= 15 is 0 Å². The molecule has 1 aliphatic carbocycles. The van der Waals surface area contributed by atoms with Gasteiger partial charge in [0.25, 0.3) is 0 Å². The molecule has 3 heteroatoms. The normalized spacial score (nSPS) is 14.8. The van der Waals surface area contributed by atoms with Crippen molar-refractivity contribution in [2.45, 2.75) is 13.0 Å². The van der Waals surface area contributed by atoms with Crippen molar-refractivity contribution in [2.75, 3.05) is 5.32 Å². The molecule has 3 aromatic carbocycles. The van der Waals surface area contributed by atoms with E-state index in [1.54, 1.807) is 0 Å². The van der Waals surface area contributed by atoms with Gasteiger partial charge in [-0.3, -0.25) is 4.79 Å². The van der Waals surface area contributed by atoms with E-state index in [-0.39, 0.29) is 5.91 Å². The zero-order chi connectivity index (χ0) is 16.7. The molecule has 4 rings (SSSR count). The molecule has 1 atom stereocenters. The molecule has 0 bridgehead atoms. The number of anilines is 1. The summed E-state index contributed by atoms with van der Waals surface area (Å²) in [6, 6.07) is 21.6. The van der Waals surface area contributed by atoms with Crippen LogP contribution in [0.25, 0.3) is 22.3 Å². The Morgan fingerprint density at radius 2 is 1.42 bits per heavy atom. The zero-order valence-corrected chi connectivity index (χ0v) is 13.3. The number of benzene rings is 3. The predicted molar refractivity (Wildman–Crippen MR) is 95.7 cm³/mol. The second-order valence-corrected chi connectivity index (χ2v) is 5.98. The van der Waals surface area contributed by atoms with Gasteiger partial charge in [-0.05, 0) is 28.3 Å². The number of carbonyl (C=O) groups excluding carboxylic acids is 1. The van der Waals surface area contributed by atoms with Crippen LogP contribution in [0, 0.1) is 0 Å². The van der Waals surface area contributed by atoms with Gasteiger partial charge in [0.05, 0.1) is 0 Å². The van der Waals surface area contributed by atoms with Gasteiger partial charge in [-0.15, -0.1) is 0 Å². The van der Waals surface area contributed by atoms with Gasteiger partial charge in [-0.1, -0.05) is 60.7 Å². The maximum atomic E-state index is 11.5. The molecule has 118 valence electrons. The van der Waals surface area contributed by atoms with Crippen molar-refractivity contribution in [3.63, 3.8) is 0 Å². The van der Waals surface area contributed by atoms with Crippen molar-refractivity contribution in [2.24, 2.45) is 0 Å². The van der Waals surface area contributed by atoms with Gasteiger partial charge in [0.1, 0.15) is 6.10 Å². The molecule has 3 aromatic rings. The molecule has 1 amide bonds. The molecule has 24 heavy (non-hydrogen) atoms. The third-order valence-corrected chi connectivity index (χ3v) is 4.45. The number of aliphatic hydroxyl groups is 1. The van der Waals surface area contributed by atoms with Gasteiger partial charge in [0.15, 0.2) is 0 Å². The van der Waals surface area contributed by atoms with Crippen molar-refractivity contribution in [3.05, 3.63) is 77.9 Å². The highest BCUT2D eigenvalue weighted by Gasteiger charge is 2.29. The Kier molecular flexibility index (Phi) is 3.44. The topological polar surface area (TPSA) is 49.3 Å². The third-order valence-electron chi connectivity index (χ3n) is 4.45. The van der Waals surface area contributed by atoms with Gasteiger partial charge >= 0.3 is 0 Å². The van der Waals surface area contributed by atoms with Crippen LogP contribution in [-0.4, -0.2) is 11.0 Å². The van der Waals surface area contributed by atoms with E-state index in [1.807, 2.05) is 66.7 Å². The predicted octanol–water partition coefficient (Wildman–Crippen LogP) is 4.37. The lowest BCUT2D eigenvalue weighted by atomic mass is 9.93. The lowest BCUT2D eigenvalue weighted by Gasteiger charge is -2.16. The number of nitrogens with one attached hydrogen (secondary N) is 1. The molecular formula is C21H17NO2. The summed E-state index contributed by atoms with van der Waals surface area (Å²) in [5.41, 5.74) is 6.55. The first-order valence-corrected chi connectivity index (χ1v) is 7.94. The number of aliphatic hydroxyl groups excluding tert-OH is 1. The van der Waals surface area contributed by atoms with Crippen LogP contribution in [0.4, 0.5) is 5.69 Å². The second kappa shape index (κ2) is 5.62. The Labute approximate surface area is 140 Å². The van der Waals surface area contributed by atoms with Crippen molar-refractivity contribution >= 4 is 11.6 Å². The van der Waals surface area contributed by atoms with Crippen molar-refractivity contribution in [1.82, 2.24) is 0 Å². The van der Waals surface area contributed by atoms with Crippen LogP contribution < -0.4 is 5.32 Å². The molecule has 0 heterocycles. The van der Waals surface area contributed by atoms with Crippen LogP contribution in [0.2, 0.25) is 0 Å². The number of hydrogen-bond donors (Lipinski definition) is 2. The number of para-hydroxylation sites is 1. The lowest BCUT2D eigenvalue weighted by Crippen LogP contribution is -2.07. The number of rotatable bonds is 2. The van der Waals surface area contributed by atoms with Gasteiger partial charge in [-0.2, -0.15) is 0 Å². The highest BCUT2D eigenvalue weighted by atomic mass is 16.3. The fourth-order valence-corrected chi connectivity index (χ4v) is 3.48. The summed E-state index contributed by atoms with van der Waals surface area (Å²) in [6.07, 6.45) is -0.655. The van der Waals surface area contributed by atoms with Crippen molar-refractivity contribution < 1.29 is 9.90 Å². The number of hydrogen-bond acceptors (Lipinski definition) is 2. The molecule has 0 saturated carbocycles. The highest BCUT2D eigenvalue weighted by Crippen LogP contribution is 2.48. The van der Waals surface area contributed by atoms with E-state index in [4.69, 9.17) is 0 Å². The first-order valence-electron chi connectivity index (χ1n) is 7.94. The molecule has 0 aliphatic heterocycles. The summed E-state index contributed by atoms with van der Waals surface area (Å²) in [6.45, 7) is 1.50. The smallest absolute Gasteiger partial charge is 0.221 e. The van der Waals surface area contributed by atoms with Crippen molar-refractivity contribution in [1.29, 1.82) is 0 Å². The maximum Gasteiger partial charge on any atom is 0.221 e. The molecule has 0 aromatic heterocycles. The Hall–Kier alpha value is -2.91. The van der Waals surface area contributed by atoms with Crippen LogP contribution in [-0.2, 0) is 4.79 Å². The SMILES string of the molecule is CC(=O)Nc1ccccc1-c1cccc2c1C(O)c1ccccc1-2. The summed E-state index contributed by atoms with van der Waals surface area (Å²) in [7, 11) is 0. The van der Waals surface area contributed by atoms with Crippen LogP contribution in [0.3, 0.4) is 0 Å². The quantitative estimate of drug-likeness (QED) is 0.737. The molecule has 3 nitrogen and oxygen atoms in total. The Morgan fingerprint density at radius 1 is 0.833 bits per heavy atom. The number of carbonyl (C=O) groups is 1. The first-order chi connectivity index (χ1) is 11.7. The monoisotopic (exact) mass is 315 g/mol. The van der Waals surface area contributed by atoms with Gasteiger partial charge in [0, 0.05) is 23.7 Å². The van der Waals surface area contributed by atoms with Crippen LogP contribution in [0.15, 0.2) is 66.7 Å². The average Bonchev–Trinajstić information content (AvgIpc) is 2.89. The Bertz CT molecular complexity index is 946. The van der Waals surface area contributed by atoms with Crippen LogP contribution in [0.1, 0.15) is 24.2 Å². The molecule has 2 N–H and O–H groups in total. The molecule has 0 fully saturated rings. The summed E-state index contributed by atoms with van der Waals surface area (Å²) in [4.78, 5) is 11.5.